The second-order valence-corrected chi connectivity index (χ2v) is 6.65. The molecule has 0 aliphatic heterocycles. The molecule has 0 radical (unpaired) electrons. The third-order valence-corrected chi connectivity index (χ3v) is 2.91. The average molecular weight is 255 g/mol. The number of hydrogen-bond acceptors (Lipinski definition) is 3. The number of ketones is 2. The van der Waals surface area contributed by atoms with Crippen molar-refractivity contribution in [1.29, 1.82) is 0 Å². The molecule has 0 aromatic rings. The van der Waals surface area contributed by atoms with Crippen LogP contribution in [0.2, 0.25) is 0 Å². The normalized spacial score (nSPS) is 14.1. The molecule has 0 aromatic heterocycles. The van der Waals surface area contributed by atoms with E-state index >= 15 is 0 Å². The largest absolute Gasteiger partial charge is 0.305 e. The first kappa shape index (κ1) is 17.3. The molecule has 0 rings (SSSR count). The highest BCUT2D eigenvalue weighted by Gasteiger charge is 2.30. The lowest BCUT2D eigenvalue weighted by Crippen LogP contribution is -2.46. The maximum Gasteiger partial charge on any atom is 0.155 e. The standard InChI is InChI=1S/C15H29NO2/c1-10(2)13(17)9-8-12(16-11(3)4)14(18)15(5,6)7/h10-12,16H,8-9H2,1-7H3. The van der Waals surface area contributed by atoms with Crippen molar-refractivity contribution in [3.8, 4) is 0 Å². The highest BCUT2D eigenvalue weighted by molar-refractivity contribution is 5.89. The van der Waals surface area contributed by atoms with E-state index < -0.39 is 0 Å². The molecule has 18 heavy (non-hydrogen) atoms. The highest BCUT2D eigenvalue weighted by Crippen LogP contribution is 2.20. The molecule has 3 nitrogen and oxygen atoms in total. The highest BCUT2D eigenvalue weighted by atomic mass is 16.1. The van der Waals surface area contributed by atoms with Crippen LogP contribution in [0.25, 0.3) is 0 Å². The first-order valence-corrected chi connectivity index (χ1v) is 6.88. The average Bonchev–Trinajstić information content (AvgIpc) is 2.20. The molecular weight excluding hydrogens is 226 g/mol. The number of rotatable bonds is 7. The van der Waals surface area contributed by atoms with E-state index in [2.05, 4.69) is 5.32 Å². The second kappa shape index (κ2) is 7.03. The lowest BCUT2D eigenvalue weighted by Gasteiger charge is -2.27. The number of Topliss-reactive ketones (excluding diaryl/α,β-unsaturated/α-hetero) is 2. The van der Waals surface area contributed by atoms with Gasteiger partial charge >= 0.3 is 0 Å². The van der Waals surface area contributed by atoms with Gasteiger partial charge in [0.2, 0.25) is 0 Å². The summed E-state index contributed by atoms with van der Waals surface area (Å²) in [4.78, 5) is 24.0. The smallest absolute Gasteiger partial charge is 0.155 e. The molecule has 3 heteroatoms. The van der Waals surface area contributed by atoms with Crippen molar-refractivity contribution in [1.82, 2.24) is 5.32 Å². The molecule has 0 fully saturated rings. The molecular formula is C15H29NO2. The summed E-state index contributed by atoms with van der Waals surface area (Å²) in [6.45, 7) is 13.6. The van der Waals surface area contributed by atoms with Crippen LogP contribution >= 0.6 is 0 Å². The topological polar surface area (TPSA) is 46.2 Å². The van der Waals surface area contributed by atoms with Gasteiger partial charge in [-0.15, -0.1) is 0 Å². The molecule has 0 heterocycles. The van der Waals surface area contributed by atoms with E-state index in [0.29, 0.717) is 12.8 Å². The van der Waals surface area contributed by atoms with E-state index in [-0.39, 0.29) is 35.0 Å². The van der Waals surface area contributed by atoms with Crippen LogP contribution in [0.4, 0.5) is 0 Å². The van der Waals surface area contributed by atoms with Crippen molar-refractivity contribution in [2.45, 2.75) is 73.4 Å². The molecule has 0 amide bonds. The Morgan fingerprint density at radius 1 is 1.06 bits per heavy atom. The maximum atomic E-state index is 12.3. The molecule has 1 N–H and O–H groups in total. The van der Waals surface area contributed by atoms with E-state index in [9.17, 15) is 9.59 Å². The van der Waals surface area contributed by atoms with Crippen LogP contribution in [0.15, 0.2) is 0 Å². The van der Waals surface area contributed by atoms with E-state index in [1.807, 2.05) is 48.5 Å². The molecule has 106 valence electrons. The van der Waals surface area contributed by atoms with Crippen molar-refractivity contribution >= 4 is 11.6 Å². The zero-order valence-electron chi connectivity index (χ0n) is 13.0. The Morgan fingerprint density at radius 3 is 1.89 bits per heavy atom. The zero-order valence-corrected chi connectivity index (χ0v) is 13.0. The monoisotopic (exact) mass is 255 g/mol. The quantitative estimate of drug-likeness (QED) is 0.760. The maximum absolute atomic E-state index is 12.3. The van der Waals surface area contributed by atoms with E-state index in [1.54, 1.807) is 0 Å². The van der Waals surface area contributed by atoms with Crippen molar-refractivity contribution in [3.63, 3.8) is 0 Å². The Kier molecular flexibility index (Phi) is 6.76. The van der Waals surface area contributed by atoms with Crippen LogP contribution in [0.1, 0.15) is 61.3 Å². The summed E-state index contributed by atoms with van der Waals surface area (Å²) in [6.07, 6.45) is 1.08. The van der Waals surface area contributed by atoms with Gasteiger partial charge in [0.15, 0.2) is 5.78 Å². The third-order valence-electron chi connectivity index (χ3n) is 2.91. The van der Waals surface area contributed by atoms with E-state index in [4.69, 9.17) is 0 Å². The summed E-state index contributed by atoms with van der Waals surface area (Å²) in [6, 6.07) is 0.0307. The van der Waals surface area contributed by atoms with E-state index in [0.717, 1.165) is 0 Å². The zero-order chi connectivity index (χ0) is 14.5. The van der Waals surface area contributed by atoms with Gasteiger partial charge in [0.1, 0.15) is 5.78 Å². The second-order valence-electron chi connectivity index (χ2n) is 6.65. The molecule has 1 atom stereocenters. The fourth-order valence-corrected chi connectivity index (χ4v) is 1.79. The molecule has 0 aliphatic carbocycles. The number of hydrogen-bond donors (Lipinski definition) is 1. The predicted molar refractivity (Wildman–Crippen MR) is 75.6 cm³/mol. The van der Waals surface area contributed by atoms with Crippen LogP contribution < -0.4 is 5.32 Å². The van der Waals surface area contributed by atoms with Gasteiger partial charge in [-0.25, -0.2) is 0 Å². The van der Waals surface area contributed by atoms with Gasteiger partial charge in [-0.3, -0.25) is 9.59 Å². The Balaban J connectivity index is 4.61. The van der Waals surface area contributed by atoms with Crippen LogP contribution in [0, 0.1) is 11.3 Å². The summed E-state index contributed by atoms with van der Waals surface area (Å²) in [7, 11) is 0. The molecule has 0 spiro atoms. The molecule has 0 saturated carbocycles. The van der Waals surface area contributed by atoms with Gasteiger partial charge in [-0.1, -0.05) is 48.5 Å². The number of carbonyl (C=O) groups excluding carboxylic acids is 2. The van der Waals surface area contributed by atoms with Crippen LogP contribution in [0.3, 0.4) is 0 Å². The Hall–Kier alpha value is -0.700. The first-order valence-electron chi connectivity index (χ1n) is 6.88. The summed E-state index contributed by atoms with van der Waals surface area (Å²) in [5.41, 5.74) is -0.368. The lowest BCUT2D eigenvalue weighted by molar-refractivity contribution is -0.129. The SMILES string of the molecule is CC(C)NC(CCC(=O)C(C)C)C(=O)C(C)(C)C. The molecule has 0 saturated heterocycles. The van der Waals surface area contributed by atoms with Crippen LogP contribution in [0.5, 0.6) is 0 Å². The summed E-state index contributed by atoms with van der Waals surface area (Å²) >= 11 is 0. The van der Waals surface area contributed by atoms with Gasteiger partial charge in [0.25, 0.3) is 0 Å². The number of carbonyl (C=O) groups is 2. The fraction of sp³-hybridized carbons (Fsp3) is 0.867. The van der Waals surface area contributed by atoms with E-state index in [1.165, 1.54) is 0 Å². The van der Waals surface area contributed by atoms with Gasteiger partial charge in [-0.05, 0) is 6.42 Å². The summed E-state index contributed by atoms with van der Waals surface area (Å²) in [5.74, 6) is 0.467. The summed E-state index contributed by atoms with van der Waals surface area (Å²) < 4.78 is 0. The molecule has 0 bridgehead atoms. The molecule has 1 unspecified atom stereocenters. The number of nitrogens with one attached hydrogen (secondary N) is 1. The summed E-state index contributed by atoms with van der Waals surface area (Å²) in [5, 5.41) is 3.28. The fourth-order valence-electron chi connectivity index (χ4n) is 1.79. The van der Waals surface area contributed by atoms with Gasteiger partial charge in [-0.2, -0.15) is 0 Å². The van der Waals surface area contributed by atoms with Crippen molar-refractivity contribution in [2.75, 3.05) is 0 Å². The van der Waals surface area contributed by atoms with Gasteiger partial charge in [0, 0.05) is 23.8 Å². The minimum absolute atomic E-state index is 0.0504. The van der Waals surface area contributed by atoms with Gasteiger partial charge in [0.05, 0.1) is 6.04 Å². The van der Waals surface area contributed by atoms with Gasteiger partial charge < -0.3 is 5.32 Å². The molecule has 0 aliphatic rings. The lowest BCUT2D eigenvalue weighted by atomic mass is 9.84. The van der Waals surface area contributed by atoms with Crippen molar-refractivity contribution in [3.05, 3.63) is 0 Å². The van der Waals surface area contributed by atoms with Crippen LogP contribution in [-0.4, -0.2) is 23.7 Å². The first-order chi connectivity index (χ1) is 8.05. The third kappa shape index (κ3) is 6.29. The van der Waals surface area contributed by atoms with Crippen LogP contribution in [-0.2, 0) is 9.59 Å². The minimum Gasteiger partial charge on any atom is -0.305 e. The van der Waals surface area contributed by atoms with Crippen molar-refractivity contribution in [2.24, 2.45) is 11.3 Å². The van der Waals surface area contributed by atoms with Crippen molar-refractivity contribution < 1.29 is 9.59 Å². The molecule has 0 aromatic carbocycles. The minimum atomic E-state index is -0.368. The Bertz CT molecular complexity index is 287. The predicted octanol–water partition coefficient (Wildman–Crippen LogP) is 2.97. The Labute approximate surface area is 112 Å². The Morgan fingerprint density at radius 2 is 1.56 bits per heavy atom.